The second-order valence-corrected chi connectivity index (χ2v) is 10.1. The van der Waals surface area contributed by atoms with Gasteiger partial charge < -0.3 is 4.90 Å². The average Bonchev–Trinajstić information content (AvgIpc) is 3.36. The molecule has 5 rings (SSSR count). The SMILES string of the molecule is CC1CCC(C(C)C)CC1.c1ccc(-c2nc(-c3ccc(N4CCCCC4)nc3)n[nH]2)cc1. The summed E-state index contributed by atoms with van der Waals surface area (Å²) in [6.07, 6.45) is 11.6. The molecule has 2 aliphatic rings. The Balaban J connectivity index is 0.000000219. The standard InChI is InChI=1S/C18H19N5.C10H20/c1-3-7-14(8-4-1)17-20-18(22-21-17)15-9-10-16(19-13-15)23-11-5-2-6-12-23;1-8(2)10-6-4-9(3)5-7-10/h1,3-4,7-10,13H,2,5-6,11-12H2,(H,20,21,22);8-10H,4-7H2,1-3H3. The highest BCUT2D eigenvalue weighted by Gasteiger charge is 2.20. The van der Waals surface area contributed by atoms with Crippen molar-refractivity contribution in [2.45, 2.75) is 65.7 Å². The molecule has 0 unspecified atom stereocenters. The van der Waals surface area contributed by atoms with Gasteiger partial charge in [-0.25, -0.2) is 9.97 Å². The van der Waals surface area contributed by atoms with Gasteiger partial charge in [0.05, 0.1) is 0 Å². The number of hydrogen-bond acceptors (Lipinski definition) is 4. The van der Waals surface area contributed by atoms with Crippen LogP contribution in [-0.2, 0) is 0 Å². The lowest BCUT2D eigenvalue weighted by Gasteiger charge is -2.28. The van der Waals surface area contributed by atoms with Crippen LogP contribution in [0.25, 0.3) is 22.8 Å². The van der Waals surface area contributed by atoms with Crippen LogP contribution in [0.3, 0.4) is 0 Å². The zero-order valence-electron chi connectivity index (χ0n) is 20.5. The molecule has 176 valence electrons. The smallest absolute Gasteiger partial charge is 0.183 e. The number of aromatic amines is 1. The van der Waals surface area contributed by atoms with Gasteiger partial charge in [-0.15, -0.1) is 0 Å². The molecule has 2 aromatic heterocycles. The Bertz CT molecular complexity index is 949. The minimum absolute atomic E-state index is 0.682. The molecular formula is C28H39N5. The second-order valence-electron chi connectivity index (χ2n) is 10.1. The Hall–Kier alpha value is -2.69. The average molecular weight is 446 g/mol. The summed E-state index contributed by atoms with van der Waals surface area (Å²) < 4.78 is 0. The molecule has 5 heteroatoms. The van der Waals surface area contributed by atoms with E-state index in [1.54, 1.807) is 0 Å². The Kier molecular flexibility index (Phi) is 8.14. The summed E-state index contributed by atoms with van der Waals surface area (Å²) in [4.78, 5) is 11.5. The number of aromatic nitrogens is 4. The molecule has 0 bridgehead atoms. The van der Waals surface area contributed by atoms with E-state index in [4.69, 9.17) is 0 Å². The van der Waals surface area contributed by atoms with Gasteiger partial charge in [-0.2, -0.15) is 5.10 Å². The van der Waals surface area contributed by atoms with Crippen molar-refractivity contribution in [2.75, 3.05) is 18.0 Å². The van der Waals surface area contributed by atoms with Crippen LogP contribution >= 0.6 is 0 Å². The summed E-state index contributed by atoms with van der Waals surface area (Å²) in [5, 5.41) is 7.31. The molecule has 1 saturated heterocycles. The molecule has 1 aliphatic heterocycles. The van der Waals surface area contributed by atoms with Crippen molar-refractivity contribution >= 4 is 5.82 Å². The van der Waals surface area contributed by atoms with Crippen molar-refractivity contribution in [2.24, 2.45) is 17.8 Å². The first-order valence-corrected chi connectivity index (χ1v) is 12.8. The maximum atomic E-state index is 4.59. The molecule has 0 atom stereocenters. The zero-order chi connectivity index (χ0) is 23.0. The van der Waals surface area contributed by atoms with Crippen LogP contribution in [0.1, 0.15) is 65.7 Å². The second kappa shape index (κ2) is 11.4. The summed E-state index contributed by atoms with van der Waals surface area (Å²) in [6.45, 7) is 9.31. The van der Waals surface area contributed by atoms with Crippen molar-refractivity contribution in [1.29, 1.82) is 0 Å². The third kappa shape index (κ3) is 6.43. The normalized spacial score (nSPS) is 20.9. The highest BCUT2D eigenvalue weighted by atomic mass is 15.2. The van der Waals surface area contributed by atoms with Crippen molar-refractivity contribution in [3.05, 3.63) is 48.7 Å². The Morgan fingerprint density at radius 3 is 2.24 bits per heavy atom. The third-order valence-corrected chi connectivity index (χ3v) is 7.22. The molecule has 1 N–H and O–H groups in total. The first kappa shape index (κ1) is 23.5. The summed E-state index contributed by atoms with van der Waals surface area (Å²) in [6, 6.07) is 14.1. The van der Waals surface area contributed by atoms with E-state index in [0.29, 0.717) is 5.82 Å². The maximum Gasteiger partial charge on any atom is 0.183 e. The number of nitrogens with zero attached hydrogens (tertiary/aromatic N) is 4. The number of hydrogen-bond donors (Lipinski definition) is 1. The molecule has 0 spiro atoms. The lowest BCUT2D eigenvalue weighted by molar-refractivity contribution is 0.234. The van der Waals surface area contributed by atoms with Gasteiger partial charge in [0.2, 0.25) is 0 Å². The van der Waals surface area contributed by atoms with Crippen molar-refractivity contribution in [3.63, 3.8) is 0 Å². The first-order valence-electron chi connectivity index (χ1n) is 12.8. The summed E-state index contributed by atoms with van der Waals surface area (Å²) in [7, 11) is 0. The van der Waals surface area contributed by atoms with Crippen LogP contribution in [0.5, 0.6) is 0 Å². The molecule has 1 saturated carbocycles. The minimum Gasteiger partial charge on any atom is -0.357 e. The van der Waals surface area contributed by atoms with Crippen LogP contribution in [0, 0.1) is 17.8 Å². The molecule has 5 nitrogen and oxygen atoms in total. The number of pyridine rings is 1. The van der Waals surface area contributed by atoms with Gasteiger partial charge in [0.25, 0.3) is 0 Å². The third-order valence-electron chi connectivity index (χ3n) is 7.22. The largest absolute Gasteiger partial charge is 0.357 e. The van der Waals surface area contributed by atoms with Gasteiger partial charge in [-0.05, 0) is 62.0 Å². The highest BCUT2D eigenvalue weighted by Crippen LogP contribution is 2.32. The monoisotopic (exact) mass is 445 g/mol. The minimum atomic E-state index is 0.682. The number of piperidine rings is 1. The van der Waals surface area contributed by atoms with Crippen molar-refractivity contribution < 1.29 is 0 Å². The number of rotatable bonds is 4. The molecule has 33 heavy (non-hydrogen) atoms. The van der Waals surface area contributed by atoms with Crippen LogP contribution in [0.2, 0.25) is 0 Å². The van der Waals surface area contributed by atoms with Gasteiger partial charge in [-0.3, -0.25) is 5.10 Å². The Labute approximate surface area is 199 Å². The van der Waals surface area contributed by atoms with E-state index >= 15 is 0 Å². The first-order chi connectivity index (χ1) is 16.1. The van der Waals surface area contributed by atoms with E-state index in [-0.39, 0.29) is 0 Å². The van der Waals surface area contributed by atoms with Gasteiger partial charge in [0, 0.05) is 30.4 Å². The van der Waals surface area contributed by atoms with Gasteiger partial charge in [0.15, 0.2) is 11.6 Å². The zero-order valence-corrected chi connectivity index (χ0v) is 20.5. The van der Waals surface area contributed by atoms with E-state index in [1.165, 1.54) is 44.9 Å². The van der Waals surface area contributed by atoms with Gasteiger partial charge >= 0.3 is 0 Å². The lowest BCUT2D eigenvalue weighted by Crippen LogP contribution is -2.29. The van der Waals surface area contributed by atoms with Crippen molar-refractivity contribution in [3.8, 4) is 22.8 Å². The van der Waals surface area contributed by atoms with Gasteiger partial charge in [0.1, 0.15) is 5.82 Å². The maximum absolute atomic E-state index is 4.59. The van der Waals surface area contributed by atoms with Crippen LogP contribution < -0.4 is 4.90 Å². The molecule has 2 fully saturated rings. The van der Waals surface area contributed by atoms with E-state index in [2.05, 4.69) is 58.0 Å². The predicted molar refractivity (Wildman–Crippen MR) is 137 cm³/mol. The molecule has 3 aromatic rings. The molecule has 0 radical (unpaired) electrons. The fourth-order valence-electron chi connectivity index (χ4n) is 4.90. The molecule has 3 heterocycles. The van der Waals surface area contributed by atoms with Crippen LogP contribution in [0.15, 0.2) is 48.7 Å². The lowest BCUT2D eigenvalue weighted by atomic mass is 9.78. The number of benzene rings is 1. The molecular weight excluding hydrogens is 406 g/mol. The number of anilines is 1. The van der Waals surface area contributed by atoms with E-state index in [9.17, 15) is 0 Å². The quantitative estimate of drug-likeness (QED) is 0.470. The Morgan fingerprint density at radius 1 is 0.879 bits per heavy atom. The Morgan fingerprint density at radius 2 is 1.61 bits per heavy atom. The fraction of sp³-hybridized carbons (Fsp3) is 0.536. The predicted octanol–water partition coefficient (Wildman–Crippen LogP) is 6.99. The van der Waals surface area contributed by atoms with Crippen LogP contribution in [0.4, 0.5) is 5.82 Å². The molecule has 1 aliphatic carbocycles. The van der Waals surface area contributed by atoms with Crippen molar-refractivity contribution in [1.82, 2.24) is 20.2 Å². The summed E-state index contributed by atoms with van der Waals surface area (Å²) >= 11 is 0. The molecule has 0 amide bonds. The topological polar surface area (TPSA) is 57.7 Å². The fourth-order valence-corrected chi connectivity index (χ4v) is 4.90. The highest BCUT2D eigenvalue weighted by molar-refractivity contribution is 5.61. The van der Waals surface area contributed by atoms with E-state index in [1.807, 2.05) is 36.5 Å². The number of nitrogens with one attached hydrogen (secondary N) is 1. The van der Waals surface area contributed by atoms with Crippen LogP contribution in [-0.4, -0.2) is 33.3 Å². The summed E-state index contributed by atoms with van der Waals surface area (Å²) in [5.41, 5.74) is 1.97. The number of H-pyrrole nitrogens is 1. The van der Waals surface area contributed by atoms with Gasteiger partial charge in [-0.1, -0.05) is 63.9 Å². The van der Waals surface area contributed by atoms with E-state index in [0.717, 1.165) is 53.6 Å². The van der Waals surface area contributed by atoms with E-state index < -0.39 is 0 Å². The summed E-state index contributed by atoms with van der Waals surface area (Å²) in [5.74, 6) is 5.48. The molecule has 1 aromatic carbocycles.